The molecule has 1 aliphatic heterocycles. The van der Waals surface area contributed by atoms with Gasteiger partial charge in [0, 0.05) is 17.7 Å². The second-order valence-electron chi connectivity index (χ2n) is 5.48. The summed E-state index contributed by atoms with van der Waals surface area (Å²) in [6, 6.07) is 5.05. The summed E-state index contributed by atoms with van der Waals surface area (Å²) in [5.41, 5.74) is -0.931. The first-order chi connectivity index (χ1) is 12.4. The van der Waals surface area contributed by atoms with Gasteiger partial charge < -0.3 is 14.2 Å². The molecule has 7 nitrogen and oxygen atoms in total. The van der Waals surface area contributed by atoms with Crippen LogP contribution in [0.2, 0.25) is 0 Å². The molecule has 0 radical (unpaired) electrons. The molecule has 3 rings (SSSR count). The van der Waals surface area contributed by atoms with Crippen molar-refractivity contribution >= 4 is 11.7 Å². The van der Waals surface area contributed by atoms with E-state index in [9.17, 15) is 23.7 Å². The van der Waals surface area contributed by atoms with E-state index in [-0.39, 0.29) is 35.8 Å². The molecule has 0 fully saturated rings. The molecular weight excluding hydrogens is 352 g/mol. The number of rotatable bonds is 4. The Morgan fingerprint density at radius 3 is 2.46 bits per heavy atom. The van der Waals surface area contributed by atoms with E-state index in [1.165, 1.54) is 6.92 Å². The highest BCUT2D eigenvalue weighted by Crippen LogP contribution is 2.37. The van der Waals surface area contributed by atoms with Gasteiger partial charge in [0.2, 0.25) is 0 Å². The molecule has 2 aromatic carbocycles. The zero-order valence-corrected chi connectivity index (χ0v) is 13.5. The van der Waals surface area contributed by atoms with Crippen molar-refractivity contribution in [3.63, 3.8) is 0 Å². The quantitative estimate of drug-likeness (QED) is 0.468. The number of nitro groups is 1. The molecule has 0 saturated carbocycles. The molecule has 0 spiro atoms. The monoisotopic (exact) mass is 365 g/mol. The van der Waals surface area contributed by atoms with Crippen LogP contribution in [0.1, 0.15) is 28.9 Å². The molecule has 1 unspecified atom stereocenters. The highest BCUT2D eigenvalue weighted by molar-refractivity contribution is 5.95. The number of nitro benzene ring substituents is 1. The van der Waals surface area contributed by atoms with Crippen LogP contribution in [0.15, 0.2) is 30.3 Å². The summed E-state index contributed by atoms with van der Waals surface area (Å²) in [5, 5.41) is 11.3. The summed E-state index contributed by atoms with van der Waals surface area (Å²) < 4.78 is 42.5. The van der Waals surface area contributed by atoms with Gasteiger partial charge in [-0.1, -0.05) is 0 Å². The van der Waals surface area contributed by atoms with Crippen LogP contribution in [0.25, 0.3) is 0 Å². The van der Waals surface area contributed by atoms with E-state index in [2.05, 4.69) is 0 Å². The lowest BCUT2D eigenvalue weighted by Gasteiger charge is -2.19. The van der Waals surface area contributed by atoms with Crippen LogP contribution in [0, 0.1) is 21.7 Å². The zero-order chi connectivity index (χ0) is 18.8. The number of halogens is 2. The maximum Gasteiger partial charge on any atom is 0.345 e. The van der Waals surface area contributed by atoms with Crippen LogP contribution in [0.3, 0.4) is 0 Å². The van der Waals surface area contributed by atoms with Crippen molar-refractivity contribution in [3.05, 3.63) is 63.2 Å². The lowest BCUT2D eigenvalue weighted by Crippen LogP contribution is -2.17. The van der Waals surface area contributed by atoms with Crippen LogP contribution in [0.5, 0.6) is 11.5 Å². The molecule has 0 bridgehead atoms. The Morgan fingerprint density at radius 1 is 1.19 bits per heavy atom. The van der Waals surface area contributed by atoms with E-state index < -0.39 is 34.3 Å². The fraction of sp³-hybridized carbons (Fsp3) is 0.235. The minimum atomic E-state index is -1.09. The van der Waals surface area contributed by atoms with Crippen molar-refractivity contribution in [2.45, 2.75) is 13.0 Å². The summed E-state index contributed by atoms with van der Waals surface area (Å²) in [6.45, 7) is 1.84. The van der Waals surface area contributed by atoms with E-state index in [4.69, 9.17) is 14.2 Å². The molecule has 0 N–H and O–H groups in total. The fourth-order valence-corrected chi connectivity index (χ4v) is 2.51. The van der Waals surface area contributed by atoms with Gasteiger partial charge in [-0.3, -0.25) is 10.1 Å². The Bertz CT molecular complexity index is 886. The summed E-state index contributed by atoms with van der Waals surface area (Å²) in [6.07, 6.45) is -1.09. The Labute approximate surface area is 146 Å². The Kier molecular flexibility index (Phi) is 4.70. The molecule has 0 aliphatic carbocycles. The molecule has 136 valence electrons. The minimum absolute atomic E-state index is 0.0556. The van der Waals surface area contributed by atoms with E-state index in [0.29, 0.717) is 6.07 Å². The number of ether oxygens (including phenoxy) is 3. The summed E-state index contributed by atoms with van der Waals surface area (Å²) >= 11 is 0. The molecule has 1 heterocycles. The van der Waals surface area contributed by atoms with Crippen LogP contribution >= 0.6 is 0 Å². The number of hydrogen-bond donors (Lipinski definition) is 0. The Balaban J connectivity index is 1.90. The minimum Gasteiger partial charge on any atom is -0.486 e. The molecule has 1 aliphatic rings. The second-order valence-corrected chi connectivity index (χ2v) is 5.48. The summed E-state index contributed by atoms with van der Waals surface area (Å²) in [5.74, 6) is -2.37. The lowest BCUT2D eigenvalue weighted by atomic mass is 10.1. The number of benzene rings is 2. The maximum atomic E-state index is 13.8. The van der Waals surface area contributed by atoms with Crippen LogP contribution < -0.4 is 9.47 Å². The smallest absolute Gasteiger partial charge is 0.345 e. The lowest BCUT2D eigenvalue weighted by molar-refractivity contribution is -0.385. The second kappa shape index (κ2) is 6.95. The zero-order valence-electron chi connectivity index (χ0n) is 13.5. The highest BCUT2D eigenvalue weighted by Gasteiger charge is 2.29. The first kappa shape index (κ1) is 17.6. The van der Waals surface area contributed by atoms with Gasteiger partial charge in [-0.25, -0.2) is 13.6 Å². The largest absolute Gasteiger partial charge is 0.486 e. The number of carbonyl (C=O) groups is 1. The number of fused-ring (bicyclic) bond motifs is 1. The van der Waals surface area contributed by atoms with Crippen molar-refractivity contribution in [1.82, 2.24) is 0 Å². The SMILES string of the molecule is CC(OC(=O)c1cc2c(cc1[N+](=O)[O-])OCCO2)c1ccc(F)cc1F. The third-order valence-electron chi connectivity index (χ3n) is 3.76. The van der Waals surface area contributed by atoms with Crippen molar-refractivity contribution in [2.75, 3.05) is 13.2 Å². The predicted octanol–water partition coefficient (Wildman–Crippen LogP) is 3.56. The van der Waals surface area contributed by atoms with Crippen LogP contribution in [-0.2, 0) is 4.74 Å². The molecule has 9 heteroatoms. The summed E-state index contributed by atoms with van der Waals surface area (Å²) in [4.78, 5) is 22.9. The van der Waals surface area contributed by atoms with Crippen molar-refractivity contribution in [1.29, 1.82) is 0 Å². The average molecular weight is 365 g/mol. The van der Waals surface area contributed by atoms with E-state index in [1.54, 1.807) is 0 Å². The number of hydrogen-bond acceptors (Lipinski definition) is 6. The third kappa shape index (κ3) is 3.41. The van der Waals surface area contributed by atoms with Crippen molar-refractivity contribution < 1.29 is 32.7 Å². The van der Waals surface area contributed by atoms with E-state index in [1.807, 2.05) is 0 Å². The van der Waals surface area contributed by atoms with Gasteiger partial charge in [-0.2, -0.15) is 0 Å². The Hall–Kier alpha value is -3.23. The van der Waals surface area contributed by atoms with Gasteiger partial charge in [-0.05, 0) is 19.1 Å². The van der Waals surface area contributed by atoms with Gasteiger partial charge in [0.1, 0.15) is 36.5 Å². The average Bonchev–Trinajstić information content (AvgIpc) is 2.60. The normalized spacial score (nSPS) is 13.8. The number of nitrogens with zero attached hydrogens (tertiary/aromatic N) is 1. The molecule has 0 amide bonds. The highest BCUT2D eigenvalue weighted by atomic mass is 19.1. The topological polar surface area (TPSA) is 87.9 Å². The molecule has 1 atom stereocenters. The maximum absolute atomic E-state index is 13.8. The molecule has 0 saturated heterocycles. The first-order valence-electron chi connectivity index (χ1n) is 7.61. The predicted molar refractivity (Wildman–Crippen MR) is 84.3 cm³/mol. The number of esters is 1. The van der Waals surface area contributed by atoms with Gasteiger partial charge in [0.15, 0.2) is 11.5 Å². The van der Waals surface area contributed by atoms with Crippen molar-refractivity contribution in [2.24, 2.45) is 0 Å². The molecule has 0 aromatic heterocycles. The first-order valence-corrected chi connectivity index (χ1v) is 7.61. The summed E-state index contributed by atoms with van der Waals surface area (Å²) in [7, 11) is 0. The van der Waals surface area contributed by atoms with Gasteiger partial charge in [-0.15, -0.1) is 0 Å². The third-order valence-corrected chi connectivity index (χ3v) is 3.76. The molecule has 2 aromatic rings. The standard InChI is InChI=1S/C17H13F2NO6/c1-9(11-3-2-10(18)6-13(11)19)26-17(21)12-7-15-16(25-5-4-24-15)8-14(12)20(22)23/h2-3,6-9H,4-5H2,1H3. The fourth-order valence-electron chi connectivity index (χ4n) is 2.51. The van der Waals surface area contributed by atoms with E-state index in [0.717, 1.165) is 24.3 Å². The van der Waals surface area contributed by atoms with Gasteiger partial charge >= 0.3 is 5.97 Å². The Morgan fingerprint density at radius 2 is 1.85 bits per heavy atom. The van der Waals surface area contributed by atoms with Gasteiger partial charge in [0.05, 0.1) is 11.0 Å². The van der Waals surface area contributed by atoms with Crippen molar-refractivity contribution in [3.8, 4) is 11.5 Å². The molecule has 26 heavy (non-hydrogen) atoms. The van der Waals surface area contributed by atoms with E-state index >= 15 is 0 Å². The van der Waals surface area contributed by atoms with Crippen LogP contribution in [0.4, 0.5) is 14.5 Å². The molecular formula is C17H13F2NO6. The van der Waals surface area contributed by atoms with Crippen LogP contribution in [-0.4, -0.2) is 24.1 Å². The number of carbonyl (C=O) groups excluding carboxylic acids is 1. The van der Waals surface area contributed by atoms with Gasteiger partial charge in [0.25, 0.3) is 5.69 Å².